The number of hydrogen-bond acceptors (Lipinski definition) is 3. The zero-order valence-electron chi connectivity index (χ0n) is 12.1. The third-order valence-electron chi connectivity index (χ3n) is 4.49. The Morgan fingerprint density at radius 2 is 2.00 bits per heavy atom. The molecule has 1 fully saturated rings. The molecular formula is C17H22N2S. The first-order valence-electron chi connectivity index (χ1n) is 7.32. The molecule has 0 radical (unpaired) electrons. The molecule has 0 amide bonds. The summed E-state index contributed by atoms with van der Waals surface area (Å²) in [6.07, 6.45) is 3.99. The van der Waals surface area contributed by atoms with Gasteiger partial charge < -0.3 is 0 Å². The number of hydrazine groups is 1. The van der Waals surface area contributed by atoms with Crippen LogP contribution >= 0.6 is 11.3 Å². The molecule has 1 aliphatic rings. The van der Waals surface area contributed by atoms with E-state index in [4.69, 9.17) is 5.84 Å². The number of aryl methyl sites for hydroxylation is 2. The summed E-state index contributed by atoms with van der Waals surface area (Å²) < 4.78 is 0. The molecular weight excluding hydrogens is 264 g/mol. The second-order valence-corrected chi connectivity index (χ2v) is 7.03. The van der Waals surface area contributed by atoms with Crippen LogP contribution in [0.1, 0.15) is 57.7 Å². The molecule has 1 saturated carbocycles. The zero-order chi connectivity index (χ0) is 14.1. The van der Waals surface area contributed by atoms with Crippen molar-refractivity contribution in [3.05, 3.63) is 56.8 Å². The lowest BCUT2D eigenvalue weighted by Crippen LogP contribution is -2.29. The van der Waals surface area contributed by atoms with E-state index in [1.54, 1.807) is 0 Å². The van der Waals surface area contributed by atoms with E-state index in [1.165, 1.54) is 45.7 Å². The van der Waals surface area contributed by atoms with Gasteiger partial charge in [0.2, 0.25) is 0 Å². The molecule has 3 rings (SSSR count). The molecule has 1 atom stereocenters. The molecule has 0 bridgehead atoms. The van der Waals surface area contributed by atoms with Gasteiger partial charge in [-0.3, -0.25) is 5.84 Å². The summed E-state index contributed by atoms with van der Waals surface area (Å²) >= 11 is 1.85. The predicted molar refractivity (Wildman–Crippen MR) is 86.0 cm³/mol. The summed E-state index contributed by atoms with van der Waals surface area (Å²) in [7, 11) is 0. The third kappa shape index (κ3) is 2.41. The summed E-state index contributed by atoms with van der Waals surface area (Å²) in [6, 6.07) is 11.1. The van der Waals surface area contributed by atoms with Gasteiger partial charge in [0.15, 0.2) is 0 Å². The van der Waals surface area contributed by atoms with Crippen LogP contribution in [-0.4, -0.2) is 0 Å². The lowest BCUT2D eigenvalue weighted by atomic mass is 9.77. The zero-order valence-corrected chi connectivity index (χ0v) is 13.0. The van der Waals surface area contributed by atoms with Gasteiger partial charge in [0.1, 0.15) is 0 Å². The van der Waals surface area contributed by atoms with E-state index in [2.05, 4.69) is 49.6 Å². The highest BCUT2D eigenvalue weighted by Crippen LogP contribution is 2.41. The summed E-state index contributed by atoms with van der Waals surface area (Å²) in [5.74, 6) is 6.61. The summed E-state index contributed by atoms with van der Waals surface area (Å²) in [5.41, 5.74) is 7.21. The lowest BCUT2D eigenvalue weighted by Gasteiger charge is -2.30. The first-order chi connectivity index (χ1) is 9.70. The topological polar surface area (TPSA) is 38.0 Å². The molecule has 1 aromatic heterocycles. The Balaban J connectivity index is 2.00. The quantitative estimate of drug-likeness (QED) is 0.653. The van der Waals surface area contributed by atoms with Crippen molar-refractivity contribution in [2.45, 2.75) is 45.1 Å². The number of nitrogens with one attached hydrogen (secondary N) is 1. The fourth-order valence-electron chi connectivity index (χ4n) is 2.93. The molecule has 3 N–H and O–H groups in total. The first-order valence-corrected chi connectivity index (χ1v) is 8.14. The van der Waals surface area contributed by atoms with Gasteiger partial charge in [-0.05, 0) is 55.4 Å². The van der Waals surface area contributed by atoms with Gasteiger partial charge in [-0.25, -0.2) is 5.43 Å². The van der Waals surface area contributed by atoms with Crippen LogP contribution in [0.2, 0.25) is 0 Å². The first kappa shape index (κ1) is 13.8. The maximum Gasteiger partial charge on any atom is 0.0805 e. The number of hydrogen-bond donors (Lipinski definition) is 2. The minimum atomic E-state index is 0.115. The highest BCUT2D eigenvalue weighted by atomic mass is 32.1. The van der Waals surface area contributed by atoms with Gasteiger partial charge in [-0.1, -0.05) is 30.7 Å². The van der Waals surface area contributed by atoms with Crippen molar-refractivity contribution in [1.29, 1.82) is 0 Å². The van der Waals surface area contributed by atoms with Crippen molar-refractivity contribution in [2.24, 2.45) is 5.84 Å². The van der Waals surface area contributed by atoms with Crippen LogP contribution < -0.4 is 11.3 Å². The van der Waals surface area contributed by atoms with Crippen LogP contribution in [0.15, 0.2) is 30.3 Å². The molecule has 1 unspecified atom stereocenters. The van der Waals surface area contributed by atoms with Gasteiger partial charge >= 0.3 is 0 Å². The molecule has 106 valence electrons. The minimum Gasteiger partial charge on any atom is -0.271 e. The second kappa shape index (κ2) is 5.68. The Bertz CT molecular complexity index is 579. The van der Waals surface area contributed by atoms with Gasteiger partial charge in [-0.15, -0.1) is 11.3 Å². The average molecular weight is 286 g/mol. The van der Waals surface area contributed by atoms with Gasteiger partial charge in [-0.2, -0.15) is 0 Å². The van der Waals surface area contributed by atoms with E-state index in [1.807, 2.05) is 11.3 Å². The molecule has 0 saturated heterocycles. The molecule has 0 aliphatic heterocycles. The SMILES string of the molecule is Cc1cc(C(NN)c2ccccc2C2CCC2)sc1C. The predicted octanol–water partition coefficient (Wildman–Crippen LogP) is 4.19. The number of nitrogens with two attached hydrogens (primary N) is 1. The van der Waals surface area contributed by atoms with E-state index >= 15 is 0 Å². The third-order valence-corrected chi connectivity index (χ3v) is 5.71. The van der Waals surface area contributed by atoms with E-state index in [-0.39, 0.29) is 6.04 Å². The number of thiophene rings is 1. The molecule has 2 aromatic rings. The Kier molecular flexibility index (Phi) is 3.92. The minimum absolute atomic E-state index is 0.115. The van der Waals surface area contributed by atoms with Crippen LogP contribution in [0.3, 0.4) is 0 Å². The van der Waals surface area contributed by atoms with E-state index in [0.717, 1.165) is 5.92 Å². The van der Waals surface area contributed by atoms with Crippen LogP contribution in [-0.2, 0) is 0 Å². The lowest BCUT2D eigenvalue weighted by molar-refractivity contribution is 0.414. The highest BCUT2D eigenvalue weighted by Gasteiger charge is 2.26. The van der Waals surface area contributed by atoms with Crippen molar-refractivity contribution in [1.82, 2.24) is 5.43 Å². The fraction of sp³-hybridized carbons (Fsp3) is 0.412. The van der Waals surface area contributed by atoms with Gasteiger partial charge in [0, 0.05) is 9.75 Å². The van der Waals surface area contributed by atoms with Crippen molar-refractivity contribution >= 4 is 11.3 Å². The largest absolute Gasteiger partial charge is 0.271 e. The maximum absolute atomic E-state index is 5.88. The normalized spacial score (nSPS) is 16.9. The summed E-state index contributed by atoms with van der Waals surface area (Å²) in [6.45, 7) is 4.34. The average Bonchev–Trinajstić information content (AvgIpc) is 2.70. The highest BCUT2D eigenvalue weighted by molar-refractivity contribution is 7.12. The van der Waals surface area contributed by atoms with E-state index in [9.17, 15) is 0 Å². The summed E-state index contributed by atoms with van der Waals surface area (Å²) in [5, 5.41) is 0. The molecule has 1 heterocycles. The molecule has 0 spiro atoms. The van der Waals surface area contributed by atoms with Gasteiger partial charge in [0.05, 0.1) is 6.04 Å². The Hall–Kier alpha value is -1.16. The smallest absolute Gasteiger partial charge is 0.0805 e. The van der Waals surface area contributed by atoms with E-state index in [0.29, 0.717) is 0 Å². The van der Waals surface area contributed by atoms with Crippen LogP contribution in [0.4, 0.5) is 0 Å². The molecule has 20 heavy (non-hydrogen) atoms. The standard InChI is InChI=1S/C17H22N2S/c1-11-10-16(20-12(11)2)17(19-18)15-9-4-3-8-14(15)13-6-5-7-13/h3-4,8-10,13,17,19H,5-7,18H2,1-2H3. The van der Waals surface area contributed by atoms with Crippen molar-refractivity contribution in [3.63, 3.8) is 0 Å². The summed E-state index contributed by atoms with van der Waals surface area (Å²) in [4.78, 5) is 2.69. The maximum atomic E-state index is 5.88. The Labute approximate surface area is 125 Å². The monoisotopic (exact) mass is 286 g/mol. The van der Waals surface area contributed by atoms with Crippen LogP contribution in [0.5, 0.6) is 0 Å². The van der Waals surface area contributed by atoms with Crippen LogP contribution in [0.25, 0.3) is 0 Å². The Morgan fingerprint density at radius 1 is 1.25 bits per heavy atom. The molecule has 1 aliphatic carbocycles. The number of rotatable bonds is 4. The Morgan fingerprint density at radius 3 is 2.55 bits per heavy atom. The second-order valence-electron chi connectivity index (χ2n) is 5.74. The molecule has 1 aromatic carbocycles. The van der Waals surface area contributed by atoms with Crippen molar-refractivity contribution in [3.8, 4) is 0 Å². The van der Waals surface area contributed by atoms with E-state index < -0.39 is 0 Å². The number of benzene rings is 1. The molecule has 3 heteroatoms. The van der Waals surface area contributed by atoms with Crippen molar-refractivity contribution in [2.75, 3.05) is 0 Å². The van der Waals surface area contributed by atoms with Crippen molar-refractivity contribution < 1.29 is 0 Å². The van der Waals surface area contributed by atoms with Gasteiger partial charge in [0.25, 0.3) is 0 Å². The van der Waals surface area contributed by atoms with Crippen LogP contribution in [0, 0.1) is 13.8 Å². The fourth-order valence-corrected chi connectivity index (χ4v) is 4.06. The molecule has 2 nitrogen and oxygen atoms in total.